The Bertz CT molecular complexity index is 491. The van der Waals surface area contributed by atoms with Crippen LogP contribution in [0, 0.1) is 0 Å². The molecule has 0 aliphatic rings. The van der Waals surface area contributed by atoms with Gasteiger partial charge in [-0.05, 0) is 0 Å². The summed E-state index contributed by atoms with van der Waals surface area (Å²) in [7, 11) is 0. The van der Waals surface area contributed by atoms with E-state index in [4.69, 9.17) is 16.7 Å². The first-order chi connectivity index (χ1) is 8.90. The molecule has 0 saturated heterocycles. The average molecular weight is 293 g/mol. The summed E-state index contributed by atoms with van der Waals surface area (Å²) >= 11 is 5.39. The Morgan fingerprint density at radius 3 is 2.32 bits per heavy atom. The zero-order valence-corrected chi connectivity index (χ0v) is 10.4. The molecule has 0 aliphatic carbocycles. The molecule has 0 aliphatic heterocycles. The van der Waals surface area contributed by atoms with E-state index < -0.39 is 35.4 Å². The van der Waals surface area contributed by atoms with Crippen LogP contribution in [0.2, 0.25) is 0 Å². The largest absolute Gasteiger partial charge is 0.479 e. The van der Waals surface area contributed by atoms with Crippen molar-refractivity contribution >= 4 is 23.4 Å². The van der Waals surface area contributed by atoms with E-state index in [1.54, 1.807) is 0 Å². The second kappa shape index (κ2) is 6.58. The lowest BCUT2D eigenvalue weighted by atomic mass is 9.93. The first-order valence-electron chi connectivity index (χ1n) is 5.31. The lowest BCUT2D eigenvalue weighted by Gasteiger charge is -2.15. The van der Waals surface area contributed by atoms with Gasteiger partial charge in [0, 0.05) is 29.0 Å². The fourth-order valence-electron chi connectivity index (χ4n) is 1.66. The van der Waals surface area contributed by atoms with Crippen LogP contribution in [0.1, 0.15) is 40.4 Å². The van der Waals surface area contributed by atoms with Crippen molar-refractivity contribution in [2.75, 3.05) is 5.88 Å². The number of halogens is 3. The van der Waals surface area contributed by atoms with Crippen molar-refractivity contribution in [2.24, 2.45) is 0 Å². The number of carbonyl (C=O) groups is 2. The predicted molar refractivity (Wildman–Crippen MR) is 63.7 cm³/mol. The van der Waals surface area contributed by atoms with Crippen LogP contribution in [-0.4, -0.2) is 27.8 Å². The zero-order valence-electron chi connectivity index (χ0n) is 9.65. The Hall–Kier alpha value is -1.53. The normalized spacial score (nSPS) is 12.5. The molecule has 0 aromatic heterocycles. The molecular weight excluding hydrogens is 282 g/mol. The summed E-state index contributed by atoms with van der Waals surface area (Å²) in [5, 5.41) is 18.2. The lowest BCUT2D eigenvalue weighted by Crippen LogP contribution is -2.17. The van der Waals surface area contributed by atoms with E-state index in [1.165, 1.54) is 6.07 Å². The third kappa shape index (κ3) is 3.48. The molecule has 0 spiro atoms. The summed E-state index contributed by atoms with van der Waals surface area (Å²) in [6.45, 7) is 0. The van der Waals surface area contributed by atoms with E-state index in [0.29, 0.717) is 0 Å². The van der Waals surface area contributed by atoms with Gasteiger partial charge in [-0.3, -0.25) is 4.79 Å². The standard InChI is InChI=1S/C12H11ClF2O4/c13-5-4-8(16)9-6(10(17)12(18)19)2-1-3-7(9)11(14)15/h1-3,10-11,17H,4-5H2,(H,18,19). The third-order valence-electron chi connectivity index (χ3n) is 2.49. The van der Waals surface area contributed by atoms with Crippen LogP contribution in [0.15, 0.2) is 18.2 Å². The number of carboxylic acid groups (broad SMARTS) is 1. The number of Topliss-reactive ketones (excluding diaryl/α,β-unsaturated/α-hetero) is 1. The van der Waals surface area contributed by atoms with Gasteiger partial charge in [0.15, 0.2) is 11.9 Å². The summed E-state index contributed by atoms with van der Waals surface area (Å²) in [6.07, 6.45) is -5.20. The van der Waals surface area contributed by atoms with Crippen molar-refractivity contribution in [3.8, 4) is 0 Å². The smallest absolute Gasteiger partial charge is 0.337 e. The van der Waals surface area contributed by atoms with Crippen LogP contribution < -0.4 is 0 Å². The summed E-state index contributed by atoms with van der Waals surface area (Å²) < 4.78 is 25.7. The molecule has 7 heteroatoms. The minimum Gasteiger partial charge on any atom is -0.479 e. The van der Waals surface area contributed by atoms with Gasteiger partial charge >= 0.3 is 5.97 Å². The molecule has 19 heavy (non-hydrogen) atoms. The molecule has 0 radical (unpaired) electrons. The number of aliphatic hydroxyl groups is 1. The van der Waals surface area contributed by atoms with Gasteiger partial charge in [0.1, 0.15) is 0 Å². The van der Waals surface area contributed by atoms with E-state index in [9.17, 15) is 23.5 Å². The van der Waals surface area contributed by atoms with Gasteiger partial charge < -0.3 is 10.2 Å². The second-order valence-electron chi connectivity index (χ2n) is 3.72. The van der Waals surface area contributed by atoms with Crippen molar-refractivity contribution < 1.29 is 28.6 Å². The van der Waals surface area contributed by atoms with Crippen molar-refractivity contribution in [2.45, 2.75) is 19.0 Å². The van der Waals surface area contributed by atoms with Crippen LogP contribution >= 0.6 is 11.6 Å². The van der Waals surface area contributed by atoms with E-state index in [2.05, 4.69) is 0 Å². The highest BCUT2D eigenvalue weighted by Crippen LogP contribution is 2.30. The van der Waals surface area contributed by atoms with Crippen molar-refractivity contribution in [3.05, 3.63) is 34.9 Å². The molecule has 0 bridgehead atoms. The Labute approximate surface area is 112 Å². The maximum absolute atomic E-state index is 12.9. The van der Waals surface area contributed by atoms with Gasteiger partial charge in [0.05, 0.1) is 0 Å². The molecule has 1 unspecified atom stereocenters. The molecule has 0 saturated carbocycles. The number of alkyl halides is 3. The second-order valence-corrected chi connectivity index (χ2v) is 4.09. The topological polar surface area (TPSA) is 74.6 Å². The first-order valence-corrected chi connectivity index (χ1v) is 5.84. The molecule has 104 valence electrons. The Kier molecular flexibility index (Phi) is 5.38. The predicted octanol–water partition coefficient (Wildman–Crippen LogP) is 2.55. The highest BCUT2D eigenvalue weighted by Gasteiger charge is 2.27. The third-order valence-corrected chi connectivity index (χ3v) is 2.68. The minimum atomic E-state index is -2.95. The van der Waals surface area contributed by atoms with Gasteiger partial charge in [-0.1, -0.05) is 18.2 Å². The molecule has 1 aromatic carbocycles. The molecule has 1 rings (SSSR count). The molecule has 4 nitrogen and oxygen atoms in total. The fourth-order valence-corrected chi connectivity index (χ4v) is 1.84. The molecule has 0 amide bonds. The molecule has 1 atom stereocenters. The maximum Gasteiger partial charge on any atom is 0.337 e. The Morgan fingerprint density at radius 2 is 1.84 bits per heavy atom. The Morgan fingerprint density at radius 1 is 1.26 bits per heavy atom. The van der Waals surface area contributed by atoms with Gasteiger partial charge in [0.25, 0.3) is 6.43 Å². The van der Waals surface area contributed by atoms with E-state index in [0.717, 1.165) is 12.1 Å². The monoisotopic (exact) mass is 292 g/mol. The van der Waals surface area contributed by atoms with Crippen LogP contribution in [0.3, 0.4) is 0 Å². The lowest BCUT2D eigenvalue weighted by molar-refractivity contribution is -0.146. The summed E-state index contributed by atoms with van der Waals surface area (Å²) in [5.74, 6) is -2.42. The molecule has 1 aromatic rings. The number of aliphatic hydroxyl groups excluding tert-OH is 1. The highest BCUT2D eigenvalue weighted by molar-refractivity contribution is 6.19. The molecule has 0 fully saturated rings. The van der Waals surface area contributed by atoms with Crippen LogP contribution in [0.4, 0.5) is 8.78 Å². The number of aliphatic carboxylic acids is 1. The highest BCUT2D eigenvalue weighted by atomic mass is 35.5. The van der Waals surface area contributed by atoms with E-state index >= 15 is 0 Å². The molecule has 2 N–H and O–H groups in total. The summed E-state index contributed by atoms with van der Waals surface area (Å²) in [6, 6.07) is 3.32. The number of rotatable bonds is 6. The molecule has 0 heterocycles. The van der Waals surface area contributed by atoms with E-state index in [1.807, 2.05) is 0 Å². The van der Waals surface area contributed by atoms with E-state index in [-0.39, 0.29) is 17.9 Å². The number of benzene rings is 1. The zero-order chi connectivity index (χ0) is 14.6. The fraction of sp³-hybridized carbons (Fsp3) is 0.333. The molecular formula is C12H11ClF2O4. The first kappa shape index (κ1) is 15.5. The van der Waals surface area contributed by atoms with Crippen LogP contribution in [-0.2, 0) is 4.79 Å². The van der Waals surface area contributed by atoms with Crippen molar-refractivity contribution in [1.29, 1.82) is 0 Å². The average Bonchev–Trinajstić information content (AvgIpc) is 2.36. The van der Waals surface area contributed by atoms with Gasteiger partial charge in [-0.25, -0.2) is 13.6 Å². The number of hydrogen-bond acceptors (Lipinski definition) is 3. The van der Waals surface area contributed by atoms with Gasteiger partial charge in [0.2, 0.25) is 0 Å². The number of hydrogen-bond donors (Lipinski definition) is 2. The maximum atomic E-state index is 12.9. The van der Waals surface area contributed by atoms with Gasteiger partial charge in [-0.2, -0.15) is 0 Å². The number of carboxylic acids is 1. The Balaban J connectivity index is 3.42. The quantitative estimate of drug-likeness (QED) is 0.624. The van der Waals surface area contributed by atoms with Crippen LogP contribution in [0.25, 0.3) is 0 Å². The number of carbonyl (C=O) groups excluding carboxylic acids is 1. The number of ketones is 1. The summed E-state index contributed by atoms with van der Waals surface area (Å²) in [5.41, 5.74) is -1.42. The van der Waals surface area contributed by atoms with Crippen LogP contribution in [0.5, 0.6) is 0 Å². The van der Waals surface area contributed by atoms with Gasteiger partial charge in [-0.15, -0.1) is 11.6 Å². The van der Waals surface area contributed by atoms with Crippen molar-refractivity contribution in [3.63, 3.8) is 0 Å². The minimum absolute atomic E-state index is 0.0843. The van der Waals surface area contributed by atoms with Crippen molar-refractivity contribution in [1.82, 2.24) is 0 Å². The summed E-state index contributed by atoms with van der Waals surface area (Å²) in [4.78, 5) is 22.5. The SMILES string of the molecule is O=C(CCCl)c1c(C(F)F)cccc1C(O)C(=O)O.